The van der Waals surface area contributed by atoms with Crippen molar-refractivity contribution in [1.29, 1.82) is 0 Å². The number of rotatable bonds is 2. The van der Waals surface area contributed by atoms with E-state index in [0.29, 0.717) is 13.0 Å². The Morgan fingerprint density at radius 2 is 2.33 bits per heavy atom. The average Bonchev–Trinajstić information content (AvgIpc) is 2.73. The number of esters is 1. The number of hydroxylamine groups is 2. The van der Waals surface area contributed by atoms with Crippen LogP contribution in [0.5, 0.6) is 0 Å². The van der Waals surface area contributed by atoms with Crippen LogP contribution in [-0.4, -0.2) is 42.7 Å². The molecule has 2 fully saturated rings. The molecule has 84 valence electrons. The summed E-state index contributed by atoms with van der Waals surface area (Å²) in [5.41, 5.74) is 4.31. The van der Waals surface area contributed by atoms with Crippen molar-refractivity contribution in [2.45, 2.75) is 18.4 Å². The van der Waals surface area contributed by atoms with E-state index in [1.54, 1.807) is 5.06 Å². The van der Waals surface area contributed by atoms with Gasteiger partial charge in [0.1, 0.15) is 0 Å². The first-order valence-electron chi connectivity index (χ1n) is 4.91. The molecular formula is C9H14N2O4. The smallest absolute Gasteiger partial charge is 0.329 e. The molecule has 2 unspecified atom stereocenters. The van der Waals surface area contributed by atoms with Gasteiger partial charge in [0.2, 0.25) is 5.91 Å². The molecule has 1 amide bonds. The van der Waals surface area contributed by atoms with Crippen LogP contribution in [0.3, 0.4) is 0 Å². The summed E-state index contributed by atoms with van der Waals surface area (Å²) in [6.07, 6.45) is 1.37. The summed E-state index contributed by atoms with van der Waals surface area (Å²) < 4.78 is 4.75. The second-order valence-electron chi connectivity index (χ2n) is 3.87. The van der Waals surface area contributed by atoms with Gasteiger partial charge in [0.25, 0.3) is 0 Å². The van der Waals surface area contributed by atoms with Gasteiger partial charge in [-0.05, 0) is 12.8 Å². The number of carbonyl (C=O) groups is 2. The average molecular weight is 214 g/mol. The fourth-order valence-corrected chi connectivity index (χ4v) is 2.49. The Bertz CT molecular complexity index is 306. The molecule has 0 saturated carbocycles. The molecule has 0 aromatic heterocycles. The molecule has 0 aromatic carbocycles. The summed E-state index contributed by atoms with van der Waals surface area (Å²) in [6.45, 7) is 0.809. The van der Waals surface area contributed by atoms with E-state index in [1.165, 1.54) is 7.11 Å². The number of ether oxygens (including phenoxy) is 1. The van der Waals surface area contributed by atoms with E-state index in [9.17, 15) is 9.59 Å². The molecular weight excluding hydrogens is 200 g/mol. The number of hydrogen-bond acceptors (Lipinski definition) is 5. The van der Waals surface area contributed by atoms with Crippen molar-refractivity contribution in [3.63, 3.8) is 0 Å². The predicted octanol–water partition coefficient (Wildman–Crippen LogP) is -0.959. The lowest BCUT2D eigenvalue weighted by atomic mass is 9.83. The van der Waals surface area contributed by atoms with Crippen LogP contribution in [0.25, 0.3) is 0 Å². The largest absolute Gasteiger partial charge is 0.468 e. The molecule has 2 rings (SSSR count). The Morgan fingerprint density at radius 1 is 1.60 bits per heavy atom. The van der Waals surface area contributed by atoms with E-state index in [1.807, 2.05) is 0 Å². The Balaban J connectivity index is 2.36. The number of fused-ring (bicyclic) bond motifs is 1. The first kappa shape index (κ1) is 10.4. The van der Waals surface area contributed by atoms with Crippen molar-refractivity contribution in [2.75, 3.05) is 20.3 Å². The molecule has 0 aromatic rings. The van der Waals surface area contributed by atoms with Gasteiger partial charge in [-0.3, -0.25) is 9.63 Å². The molecule has 2 heterocycles. The number of nitrogens with two attached hydrogens (primary N) is 1. The van der Waals surface area contributed by atoms with E-state index < -0.39 is 23.3 Å². The molecule has 15 heavy (non-hydrogen) atoms. The van der Waals surface area contributed by atoms with Crippen LogP contribution in [0.15, 0.2) is 0 Å². The fraction of sp³-hybridized carbons (Fsp3) is 0.778. The first-order valence-corrected chi connectivity index (χ1v) is 4.91. The lowest BCUT2D eigenvalue weighted by Gasteiger charge is -2.29. The standard InChI is InChI=1S/C9H14N2O4/c1-14-8(13)9-3-2-4-11(9)15-5-6(9)7(10)12/h6H,2-5H2,1H3,(H2,10,12). The topological polar surface area (TPSA) is 81.9 Å². The lowest BCUT2D eigenvalue weighted by Crippen LogP contribution is -2.54. The third-order valence-corrected chi connectivity index (χ3v) is 3.22. The normalized spacial score (nSPS) is 35.1. The molecule has 6 heteroatoms. The quantitative estimate of drug-likeness (QED) is 0.599. The highest BCUT2D eigenvalue weighted by molar-refractivity contribution is 5.91. The van der Waals surface area contributed by atoms with Gasteiger partial charge in [-0.25, -0.2) is 4.79 Å². The summed E-state index contributed by atoms with van der Waals surface area (Å²) in [7, 11) is 1.31. The number of nitrogens with zero attached hydrogens (tertiary/aromatic N) is 1. The molecule has 2 aliphatic heterocycles. The molecule has 6 nitrogen and oxygen atoms in total. The van der Waals surface area contributed by atoms with E-state index in [0.717, 1.165) is 6.42 Å². The highest BCUT2D eigenvalue weighted by Gasteiger charge is 2.61. The highest BCUT2D eigenvalue weighted by Crippen LogP contribution is 2.42. The molecule has 2 aliphatic rings. The Hall–Kier alpha value is -1.14. The third kappa shape index (κ3) is 1.25. The van der Waals surface area contributed by atoms with Gasteiger partial charge in [0, 0.05) is 6.54 Å². The monoisotopic (exact) mass is 214 g/mol. The minimum Gasteiger partial charge on any atom is -0.468 e. The van der Waals surface area contributed by atoms with Crippen molar-refractivity contribution in [3.8, 4) is 0 Å². The van der Waals surface area contributed by atoms with Crippen molar-refractivity contribution < 1.29 is 19.2 Å². The number of primary amides is 1. The Kier molecular flexibility index (Phi) is 2.40. The summed E-state index contributed by atoms with van der Waals surface area (Å²) in [5.74, 6) is -1.54. The van der Waals surface area contributed by atoms with E-state index in [4.69, 9.17) is 15.3 Å². The zero-order chi connectivity index (χ0) is 11.1. The molecule has 2 N–H and O–H groups in total. The van der Waals surface area contributed by atoms with Gasteiger partial charge in [-0.2, -0.15) is 5.06 Å². The maximum atomic E-state index is 11.8. The molecule has 2 saturated heterocycles. The molecule has 2 atom stereocenters. The summed E-state index contributed by atoms with van der Waals surface area (Å²) in [4.78, 5) is 28.4. The van der Waals surface area contributed by atoms with Crippen LogP contribution in [0.4, 0.5) is 0 Å². The van der Waals surface area contributed by atoms with Gasteiger partial charge in [0.05, 0.1) is 19.6 Å². The zero-order valence-electron chi connectivity index (χ0n) is 8.56. The van der Waals surface area contributed by atoms with Crippen LogP contribution >= 0.6 is 0 Å². The number of methoxy groups -OCH3 is 1. The highest BCUT2D eigenvalue weighted by atomic mass is 16.7. The van der Waals surface area contributed by atoms with Crippen molar-refractivity contribution in [2.24, 2.45) is 11.7 Å². The fourth-order valence-electron chi connectivity index (χ4n) is 2.49. The van der Waals surface area contributed by atoms with E-state index in [2.05, 4.69) is 0 Å². The third-order valence-electron chi connectivity index (χ3n) is 3.22. The molecule has 0 radical (unpaired) electrons. The van der Waals surface area contributed by atoms with Gasteiger partial charge in [-0.1, -0.05) is 0 Å². The second kappa shape index (κ2) is 3.46. The van der Waals surface area contributed by atoms with Crippen LogP contribution in [0.1, 0.15) is 12.8 Å². The van der Waals surface area contributed by atoms with Gasteiger partial charge in [0.15, 0.2) is 5.54 Å². The summed E-state index contributed by atoms with van der Waals surface area (Å²) in [6, 6.07) is 0. The number of carbonyl (C=O) groups excluding carboxylic acids is 2. The lowest BCUT2D eigenvalue weighted by molar-refractivity contribution is -0.180. The van der Waals surface area contributed by atoms with Crippen LogP contribution in [-0.2, 0) is 19.2 Å². The summed E-state index contributed by atoms with van der Waals surface area (Å²) in [5, 5.41) is 1.55. The van der Waals surface area contributed by atoms with Crippen molar-refractivity contribution in [3.05, 3.63) is 0 Å². The van der Waals surface area contributed by atoms with Gasteiger partial charge < -0.3 is 10.5 Å². The molecule has 0 spiro atoms. The zero-order valence-corrected chi connectivity index (χ0v) is 8.56. The Labute approximate surface area is 87.3 Å². The molecule has 0 bridgehead atoms. The Morgan fingerprint density at radius 3 is 2.93 bits per heavy atom. The first-order chi connectivity index (χ1) is 7.13. The maximum absolute atomic E-state index is 11.8. The van der Waals surface area contributed by atoms with Crippen molar-refractivity contribution in [1.82, 2.24) is 5.06 Å². The van der Waals surface area contributed by atoms with Gasteiger partial charge in [-0.15, -0.1) is 0 Å². The van der Waals surface area contributed by atoms with Crippen molar-refractivity contribution >= 4 is 11.9 Å². The van der Waals surface area contributed by atoms with Gasteiger partial charge >= 0.3 is 5.97 Å². The maximum Gasteiger partial charge on any atom is 0.329 e. The van der Waals surface area contributed by atoms with E-state index in [-0.39, 0.29) is 6.61 Å². The van der Waals surface area contributed by atoms with Crippen LogP contribution < -0.4 is 5.73 Å². The minimum atomic E-state index is -0.972. The SMILES string of the molecule is COC(=O)C12CCCN1OCC2C(N)=O. The minimum absolute atomic E-state index is 0.171. The second-order valence-corrected chi connectivity index (χ2v) is 3.87. The van der Waals surface area contributed by atoms with E-state index >= 15 is 0 Å². The molecule has 0 aliphatic carbocycles. The van der Waals surface area contributed by atoms with Crippen LogP contribution in [0.2, 0.25) is 0 Å². The number of hydrogen-bond donors (Lipinski definition) is 1. The predicted molar refractivity (Wildman–Crippen MR) is 49.3 cm³/mol. The summed E-state index contributed by atoms with van der Waals surface area (Å²) >= 11 is 0. The van der Waals surface area contributed by atoms with Crippen LogP contribution in [0, 0.1) is 5.92 Å². The number of amides is 1.